The molecule has 0 saturated carbocycles. The van der Waals surface area contributed by atoms with Gasteiger partial charge in [-0.05, 0) is 64.1 Å². The molecule has 0 amide bonds. The summed E-state index contributed by atoms with van der Waals surface area (Å²) in [6.07, 6.45) is 2.98. The molecule has 2 aromatic heterocycles. The van der Waals surface area contributed by atoms with E-state index in [4.69, 9.17) is 9.40 Å². The zero-order valence-corrected chi connectivity index (χ0v) is 17.9. The van der Waals surface area contributed by atoms with E-state index in [1.54, 1.807) is 0 Å². The lowest BCUT2D eigenvalue weighted by atomic mass is 9.75. The van der Waals surface area contributed by atoms with E-state index in [0.29, 0.717) is 5.92 Å². The highest BCUT2D eigenvalue weighted by molar-refractivity contribution is 6.15. The van der Waals surface area contributed by atoms with Crippen molar-refractivity contribution in [3.05, 3.63) is 77.5 Å². The topological polar surface area (TPSA) is 26.0 Å². The molecule has 30 heavy (non-hydrogen) atoms. The van der Waals surface area contributed by atoms with Gasteiger partial charge >= 0.3 is 0 Å². The third kappa shape index (κ3) is 2.34. The quantitative estimate of drug-likeness (QED) is 0.309. The fourth-order valence-corrected chi connectivity index (χ4v) is 5.29. The monoisotopic (exact) mass is 391 g/mol. The molecule has 3 aromatic carbocycles. The summed E-state index contributed by atoms with van der Waals surface area (Å²) < 4.78 is 6.22. The zero-order valence-electron chi connectivity index (χ0n) is 17.9. The number of fused-ring (bicyclic) bond motifs is 3. The first-order chi connectivity index (χ1) is 14.4. The fraction of sp³-hybridized carbons (Fsp3) is 0.250. The molecule has 0 bridgehead atoms. The van der Waals surface area contributed by atoms with Crippen molar-refractivity contribution >= 4 is 32.7 Å². The minimum absolute atomic E-state index is 0.158. The van der Waals surface area contributed by atoms with Gasteiger partial charge in [0, 0.05) is 22.6 Å². The Morgan fingerprint density at radius 1 is 0.867 bits per heavy atom. The van der Waals surface area contributed by atoms with Gasteiger partial charge in [-0.3, -0.25) is 4.98 Å². The molecule has 0 atom stereocenters. The Hall–Kier alpha value is -3.13. The van der Waals surface area contributed by atoms with Crippen LogP contribution in [0.15, 0.2) is 65.2 Å². The van der Waals surface area contributed by atoms with Crippen molar-refractivity contribution in [1.29, 1.82) is 0 Å². The fourth-order valence-electron chi connectivity index (χ4n) is 5.29. The molecule has 0 fully saturated rings. The molecule has 0 radical (unpaired) electrons. The van der Waals surface area contributed by atoms with Crippen molar-refractivity contribution in [3.63, 3.8) is 0 Å². The van der Waals surface area contributed by atoms with Crippen LogP contribution >= 0.6 is 0 Å². The Labute approximate surface area is 176 Å². The van der Waals surface area contributed by atoms with Crippen LogP contribution in [0, 0.1) is 5.92 Å². The highest BCUT2D eigenvalue weighted by atomic mass is 16.3. The molecule has 2 nitrogen and oxygen atoms in total. The molecule has 6 rings (SSSR count). The average molecular weight is 392 g/mol. The van der Waals surface area contributed by atoms with E-state index in [2.05, 4.69) is 76.2 Å². The van der Waals surface area contributed by atoms with Gasteiger partial charge in [-0.1, -0.05) is 58.0 Å². The van der Waals surface area contributed by atoms with E-state index < -0.39 is 0 Å². The molecule has 0 N–H and O–H groups in total. The lowest BCUT2D eigenvalue weighted by Gasteiger charge is -2.28. The van der Waals surface area contributed by atoms with Crippen LogP contribution in [0.25, 0.3) is 44.0 Å². The van der Waals surface area contributed by atoms with Crippen LogP contribution < -0.4 is 0 Å². The molecular formula is C28H25NO. The van der Waals surface area contributed by atoms with Crippen molar-refractivity contribution < 1.29 is 4.42 Å². The number of hydrogen-bond acceptors (Lipinski definition) is 2. The summed E-state index contributed by atoms with van der Waals surface area (Å²) in [7, 11) is 0. The molecule has 2 heteroatoms. The summed E-state index contributed by atoms with van der Waals surface area (Å²) in [6.45, 7) is 9.21. The Bertz CT molecular complexity index is 1470. The Balaban J connectivity index is 1.74. The van der Waals surface area contributed by atoms with Gasteiger partial charge in [0.25, 0.3) is 0 Å². The zero-order chi connectivity index (χ0) is 20.6. The minimum atomic E-state index is -0.158. The van der Waals surface area contributed by atoms with E-state index in [1.165, 1.54) is 38.4 Å². The smallest absolute Gasteiger partial charge is 0.139 e. The van der Waals surface area contributed by atoms with Crippen molar-refractivity contribution in [3.8, 4) is 11.3 Å². The van der Waals surface area contributed by atoms with Crippen LogP contribution in [-0.2, 0) is 11.8 Å². The number of benzene rings is 3. The molecule has 0 saturated heterocycles. The number of furan rings is 1. The van der Waals surface area contributed by atoms with Gasteiger partial charge in [0.1, 0.15) is 11.2 Å². The Kier molecular flexibility index (Phi) is 3.51. The summed E-state index contributed by atoms with van der Waals surface area (Å²) in [5, 5.41) is 4.93. The normalized spacial score (nSPS) is 14.7. The maximum atomic E-state index is 6.22. The van der Waals surface area contributed by atoms with E-state index >= 15 is 0 Å². The van der Waals surface area contributed by atoms with Gasteiger partial charge in [0.15, 0.2) is 0 Å². The lowest BCUT2D eigenvalue weighted by Crippen LogP contribution is -2.19. The van der Waals surface area contributed by atoms with Crippen LogP contribution in [0.4, 0.5) is 0 Å². The van der Waals surface area contributed by atoms with Gasteiger partial charge in [-0.15, -0.1) is 0 Å². The Morgan fingerprint density at radius 3 is 2.53 bits per heavy atom. The number of hydrogen-bond donors (Lipinski definition) is 0. The predicted molar refractivity (Wildman–Crippen MR) is 125 cm³/mol. The third-order valence-electron chi connectivity index (χ3n) is 6.70. The van der Waals surface area contributed by atoms with Gasteiger partial charge in [0.2, 0.25) is 0 Å². The van der Waals surface area contributed by atoms with Crippen LogP contribution in [0.1, 0.15) is 44.4 Å². The molecule has 0 unspecified atom stereocenters. The molecule has 0 spiro atoms. The van der Waals surface area contributed by atoms with Gasteiger partial charge in [-0.25, -0.2) is 0 Å². The third-order valence-corrected chi connectivity index (χ3v) is 6.70. The van der Waals surface area contributed by atoms with Crippen LogP contribution in [-0.4, -0.2) is 4.98 Å². The second-order valence-corrected chi connectivity index (χ2v) is 9.62. The van der Waals surface area contributed by atoms with Crippen LogP contribution in [0.5, 0.6) is 0 Å². The number of rotatable bonds is 2. The SMILES string of the molecule is CC(C)Cc1ccc2cc3c(cc2c1)C(C)(C)c1cccc2oc4ccnc-3c4c12. The average Bonchev–Trinajstić information content (AvgIpc) is 3.07. The van der Waals surface area contributed by atoms with Crippen molar-refractivity contribution in [1.82, 2.24) is 4.98 Å². The molecule has 148 valence electrons. The summed E-state index contributed by atoms with van der Waals surface area (Å²) >= 11 is 0. The highest BCUT2D eigenvalue weighted by Crippen LogP contribution is 2.49. The van der Waals surface area contributed by atoms with Crippen molar-refractivity contribution in [2.24, 2.45) is 5.92 Å². The van der Waals surface area contributed by atoms with Crippen molar-refractivity contribution in [2.75, 3.05) is 0 Å². The first-order valence-corrected chi connectivity index (χ1v) is 10.8. The minimum Gasteiger partial charge on any atom is -0.456 e. The van der Waals surface area contributed by atoms with Gasteiger partial charge in [0.05, 0.1) is 11.1 Å². The number of nitrogens with zero attached hydrogens (tertiary/aromatic N) is 1. The summed E-state index contributed by atoms with van der Waals surface area (Å²) in [6, 6.07) is 20.1. The molecular weight excluding hydrogens is 366 g/mol. The van der Waals surface area contributed by atoms with Crippen LogP contribution in [0.2, 0.25) is 0 Å². The molecule has 1 aliphatic rings. The summed E-state index contributed by atoms with van der Waals surface area (Å²) in [5.41, 5.74) is 8.00. The number of aromatic nitrogens is 1. The van der Waals surface area contributed by atoms with Crippen LogP contribution in [0.3, 0.4) is 0 Å². The maximum absolute atomic E-state index is 6.22. The van der Waals surface area contributed by atoms with Gasteiger partial charge in [-0.2, -0.15) is 0 Å². The van der Waals surface area contributed by atoms with Gasteiger partial charge < -0.3 is 4.42 Å². The second-order valence-electron chi connectivity index (χ2n) is 9.62. The first kappa shape index (κ1) is 17.7. The second kappa shape index (κ2) is 5.95. The lowest BCUT2D eigenvalue weighted by molar-refractivity contribution is 0.643. The van der Waals surface area contributed by atoms with E-state index in [0.717, 1.165) is 28.7 Å². The molecule has 1 aliphatic carbocycles. The molecule has 2 heterocycles. The predicted octanol–water partition coefficient (Wildman–Crippen LogP) is 7.64. The Morgan fingerprint density at radius 2 is 1.70 bits per heavy atom. The molecule has 5 aromatic rings. The van der Waals surface area contributed by atoms with E-state index in [1.807, 2.05) is 12.3 Å². The number of pyridine rings is 1. The first-order valence-electron chi connectivity index (χ1n) is 10.8. The highest BCUT2D eigenvalue weighted by Gasteiger charge is 2.34. The summed E-state index contributed by atoms with van der Waals surface area (Å²) in [5.74, 6) is 0.650. The summed E-state index contributed by atoms with van der Waals surface area (Å²) in [4.78, 5) is 4.86. The largest absolute Gasteiger partial charge is 0.456 e. The van der Waals surface area contributed by atoms with E-state index in [-0.39, 0.29) is 5.41 Å². The van der Waals surface area contributed by atoms with Crippen molar-refractivity contribution in [2.45, 2.75) is 39.5 Å². The van der Waals surface area contributed by atoms with E-state index in [9.17, 15) is 0 Å². The maximum Gasteiger partial charge on any atom is 0.139 e. The standard InChI is InChI=1S/C28H25NO/c1-16(2)12-17-8-9-18-14-20-22(15-19(18)13-17)28(3,4)21-6-5-7-23-25(21)26-24(30-23)10-11-29-27(20)26/h5-11,13-16H,12H2,1-4H3. The molecule has 0 aliphatic heterocycles.